The summed E-state index contributed by atoms with van der Waals surface area (Å²) in [6.45, 7) is 5.47. The molecule has 136 valence electrons. The van der Waals surface area contributed by atoms with Crippen molar-refractivity contribution in [3.63, 3.8) is 0 Å². The van der Waals surface area contributed by atoms with E-state index < -0.39 is 5.41 Å². The maximum absolute atomic E-state index is 12.4. The van der Waals surface area contributed by atoms with Crippen LogP contribution in [0.1, 0.15) is 18.3 Å². The number of anilines is 1. The molecule has 0 saturated heterocycles. The van der Waals surface area contributed by atoms with Crippen molar-refractivity contribution in [2.24, 2.45) is 5.41 Å². The molecule has 0 atom stereocenters. The van der Waals surface area contributed by atoms with Crippen molar-refractivity contribution in [3.8, 4) is 5.69 Å². The quantitative estimate of drug-likeness (QED) is 0.745. The average Bonchev–Trinajstić information content (AvgIpc) is 2.93. The Morgan fingerprint density at radius 1 is 1.28 bits per heavy atom. The van der Waals surface area contributed by atoms with Gasteiger partial charge in [0.05, 0.1) is 24.6 Å². The Hall–Kier alpha value is -2.38. The molecule has 0 unspecified atom stereocenters. The number of aryl methyl sites for hydroxylation is 2. The molecule has 2 amide bonds. The van der Waals surface area contributed by atoms with Gasteiger partial charge in [-0.25, -0.2) is 9.48 Å². The second-order valence-electron chi connectivity index (χ2n) is 6.80. The maximum Gasteiger partial charge on any atom is 0.321 e. The van der Waals surface area contributed by atoms with Crippen molar-refractivity contribution in [2.75, 3.05) is 32.1 Å². The Morgan fingerprint density at radius 2 is 1.96 bits per heavy atom. The Labute approximate surface area is 147 Å². The van der Waals surface area contributed by atoms with Gasteiger partial charge in [0.15, 0.2) is 0 Å². The van der Waals surface area contributed by atoms with Gasteiger partial charge in [-0.05, 0) is 38.1 Å². The molecule has 2 rings (SSSR count). The Kier molecular flexibility index (Phi) is 5.81. The zero-order chi connectivity index (χ0) is 18.6. The molecule has 0 aliphatic heterocycles. The number of carbonyl (C=O) groups excluding carboxylic acids is 1. The fraction of sp³-hybridized carbons (Fsp3) is 0.444. The van der Waals surface area contributed by atoms with Crippen LogP contribution in [0.4, 0.5) is 10.5 Å². The largest absolute Gasteiger partial charge is 0.396 e. The second kappa shape index (κ2) is 7.67. The van der Waals surface area contributed by atoms with E-state index in [2.05, 4.69) is 10.4 Å². The van der Waals surface area contributed by atoms with E-state index in [1.807, 2.05) is 42.8 Å². The zero-order valence-electron chi connectivity index (χ0n) is 15.2. The molecule has 0 spiro atoms. The molecule has 7 nitrogen and oxygen atoms in total. The van der Waals surface area contributed by atoms with Crippen molar-refractivity contribution >= 4 is 11.7 Å². The fourth-order valence-corrected chi connectivity index (χ4v) is 2.62. The van der Waals surface area contributed by atoms with Gasteiger partial charge in [-0.2, -0.15) is 5.10 Å². The molecule has 0 aliphatic rings. The summed E-state index contributed by atoms with van der Waals surface area (Å²) in [5.41, 5.74) is 2.72. The fourth-order valence-electron chi connectivity index (χ4n) is 2.62. The van der Waals surface area contributed by atoms with Crippen LogP contribution in [0.5, 0.6) is 0 Å². The predicted octanol–water partition coefficient (Wildman–Crippen LogP) is 1.94. The standard InChI is InChI=1S/C18H26N4O3/c1-13-8-14(2)22(20-13)16-7-5-6-15(9-16)19-17(25)21(4)10-18(3,11-23)12-24/h5-9,23-24H,10-12H2,1-4H3,(H,19,25). The molecule has 7 heteroatoms. The van der Waals surface area contributed by atoms with Crippen LogP contribution in [-0.2, 0) is 0 Å². The number of hydrogen-bond acceptors (Lipinski definition) is 4. The minimum Gasteiger partial charge on any atom is -0.396 e. The normalized spacial score (nSPS) is 11.4. The number of benzene rings is 1. The Bertz CT molecular complexity index is 738. The number of aliphatic hydroxyl groups is 2. The third kappa shape index (κ3) is 4.58. The highest BCUT2D eigenvalue weighted by molar-refractivity contribution is 5.89. The lowest BCUT2D eigenvalue weighted by atomic mass is 9.92. The van der Waals surface area contributed by atoms with E-state index in [4.69, 9.17) is 0 Å². The first-order valence-electron chi connectivity index (χ1n) is 8.15. The summed E-state index contributed by atoms with van der Waals surface area (Å²) in [7, 11) is 1.63. The molecule has 0 aliphatic carbocycles. The minimum absolute atomic E-state index is 0.200. The summed E-state index contributed by atoms with van der Waals surface area (Å²) >= 11 is 0. The van der Waals surface area contributed by atoms with Gasteiger partial charge >= 0.3 is 6.03 Å². The van der Waals surface area contributed by atoms with Crippen LogP contribution in [0.15, 0.2) is 30.3 Å². The van der Waals surface area contributed by atoms with Gasteiger partial charge in [0.1, 0.15) is 0 Å². The van der Waals surface area contributed by atoms with Crippen LogP contribution in [-0.4, -0.2) is 57.7 Å². The van der Waals surface area contributed by atoms with Gasteiger partial charge in [0.25, 0.3) is 0 Å². The lowest BCUT2D eigenvalue weighted by Gasteiger charge is -2.30. The molecule has 0 saturated carbocycles. The third-order valence-corrected chi connectivity index (χ3v) is 4.08. The van der Waals surface area contributed by atoms with E-state index in [0.717, 1.165) is 17.1 Å². The van der Waals surface area contributed by atoms with E-state index >= 15 is 0 Å². The van der Waals surface area contributed by atoms with E-state index in [1.54, 1.807) is 20.0 Å². The molecule has 25 heavy (non-hydrogen) atoms. The van der Waals surface area contributed by atoms with Crippen molar-refractivity contribution in [1.82, 2.24) is 14.7 Å². The van der Waals surface area contributed by atoms with Crippen LogP contribution < -0.4 is 5.32 Å². The number of carbonyl (C=O) groups is 1. The van der Waals surface area contributed by atoms with Crippen LogP contribution in [0.3, 0.4) is 0 Å². The SMILES string of the molecule is Cc1cc(C)n(-c2cccc(NC(=O)N(C)CC(C)(CO)CO)c2)n1. The maximum atomic E-state index is 12.4. The summed E-state index contributed by atoms with van der Waals surface area (Å²) in [6.07, 6.45) is 0. The number of hydrogen-bond donors (Lipinski definition) is 3. The first kappa shape index (κ1) is 19.0. The third-order valence-electron chi connectivity index (χ3n) is 4.08. The van der Waals surface area contributed by atoms with Crippen LogP contribution in [0.25, 0.3) is 5.69 Å². The number of aromatic nitrogens is 2. The number of amides is 2. The molecule has 1 aromatic carbocycles. The molecule has 3 N–H and O–H groups in total. The van der Waals surface area contributed by atoms with E-state index in [-0.39, 0.29) is 25.8 Å². The minimum atomic E-state index is -0.738. The Balaban J connectivity index is 2.11. The highest BCUT2D eigenvalue weighted by Crippen LogP contribution is 2.19. The summed E-state index contributed by atoms with van der Waals surface area (Å²) in [6, 6.07) is 9.11. The predicted molar refractivity (Wildman–Crippen MR) is 97.0 cm³/mol. The summed E-state index contributed by atoms with van der Waals surface area (Å²) < 4.78 is 1.82. The molecule has 0 fully saturated rings. The highest BCUT2D eigenvalue weighted by atomic mass is 16.3. The van der Waals surface area contributed by atoms with Gasteiger partial charge in [0.2, 0.25) is 0 Å². The van der Waals surface area contributed by atoms with Gasteiger partial charge in [-0.3, -0.25) is 0 Å². The van der Waals surface area contributed by atoms with Crippen LogP contribution in [0.2, 0.25) is 0 Å². The summed E-state index contributed by atoms with van der Waals surface area (Å²) in [5, 5.41) is 26.0. The number of urea groups is 1. The van der Waals surface area contributed by atoms with Gasteiger partial charge in [-0.15, -0.1) is 0 Å². The average molecular weight is 346 g/mol. The first-order valence-corrected chi connectivity index (χ1v) is 8.15. The lowest BCUT2D eigenvalue weighted by Crippen LogP contribution is -2.43. The molecular weight excluding hydrogens is 320 g/mol. The molecule has 1 aromatic heterocycles. The highest BCUT2D eigenvalue weighted by Gasteiger charge is 2.26. The van der Waals surface area contributed by atoms with Crippen LogP contribution in [0, 0.1) is 19.3 Å². The smallest absolute Gasteiger partial charge is 0.321 e. The molecule has 0 radical (unpaired) electrons. The van der Waals surface area contributed by atoms with Crippen molar-refractivity contribution < 1.29 is 15.0 Å². The summed E-state index contributed by atoms with van der Waals surface area (Å²) in [4.78, 5) is 13.8. The lowest BCUT2D eigenvalue weighted by molar-refractivity contribution is 0.0509. The van der Waals surface area contributed by atoms with Crippen molar-refractivity contribution in [3.05, 3.63) is 41.7 Å². The number of nitrogens with zero attached hydrogens (tertiary/aromatic N) is 3. The molecule has 2 aromatic rings. The van der Waals surface area contributed by atoms with E-state index in [9.17, 15) is 15.0 Å². The van der Waals surface area contributed by atoms with Crippen molar-refractivity contribution in [2.45, 2.75) is 20.8 Å². The topological polar surface area (TPSA) is 90.6 Å². The van der Waals surface area contributed by atoms with Gasteiger partial charge in [-0.1, -0.05) is 13.0 Å². The van der Waals surface area contributed by atoms with Gasteiger partial charge < -0.3 is 20.4 Å². The van der Waals surface area contributed by atoms with Crippen LogP contribution >= 0.6 is 0 Å². The number of aliphatic hydroxyl groups excluding tert-OH is 2. The Morgan fingerprint density at radius 3 is 2.52 bits per heavy atom. The number of rotatable bonds is 6. The molecule has 1 heterocycles. The summed E-state index contributed by atoms with van der Waals surface area (Å²) in [5.74, 6) is 0. The van der Waals surface area contributed by atoms with Crippen molar-refractivity contribution in [1.29, 1.82) is 0 Å². The van der Waals surface area contributed by atoms with E-state index in [0.29, 0.717) is 5.69 Å². The molecular formula is C18H26N4O3. The zero-order valence-corrected chi connectivity index (χ0v) is 15.2. The number of nitrogens with one attached hydrogen (secondary N) is 1. The molecule has 0 bridgehead atoms. The monoisotopic (exact) mass is 346 g/mol. The first-order chi connectivity index (χ1) is 11.8. The second-order valence-corrected chi connectivity index (χ2v) is 6.80. The van der Waals surface area contributed by atoms with Gasteiger partial charge in [0, 0.05) is 30.4 Å². The van der Waals surface area contributed by atoms with E-state index in [1.165, 1.54) is 4.90 Å².